The molecule has 1 saturated heterocycles. The predicted molar refractivity (Wildman–Crippen MR) is 87.8 cm³/mol. The normalized spacial score (nSPS) is 17.3. The minimum atomic E-state index is 0.750. The van der Waals surface area contributed by atoms with E-state index in [1.54, 1.807) is 0 Å². The van der Waals surface area contributed by atoms with E-state index in [9.17, 15) is 0 Å². The van der Waals surface area contributed by atoms with Gasteiger partial charge < -0.3 is 15.0 Å². The fourth-order valence-corrected chi connectivity index (χ4v) is 2.90. The fourth-order valence-electron chi connectivity index (χ4n) is 2.90. The highest BCUT2D eigenvalue weighted by Gasteiger charge is 2.20. The molecular weight excluding hydrogens is 262 g/mol. The Morgan fingerprint density at radius 1 is 1.29 bits per heavy atom. The van der Waals surface area contributed by atoms with E-state index < -0.39 is 0 Å². The third kappa shape index (κ3) is 5.30. The zero-order valence-electron chi connectivity index (χ0n) is 13.6. The van der Waals surface area contributed by atoms with E-state index in [4.69, 9.17) is 4.74 Å². The molecule has 1 fully saturated rings. The van der Waals surface area contributed by atoms with Crippen LogP contribution in [0.25, 0.3) is 0 Å². The first-order chi connectivity index (χ1) is 10.2. The Morgan fingerprint density at radius 3 is 2.71 bits per heavy atom. The van der Waals surface area contributed by atoms with Gasteiger partial charge in [0.25, 0.3) is 0 Å². The number of hydrogen-bond donors (Lipinski definition) is 1. The molecule has 2 rings (SSSR count). The van der Waals surface area contributed by atoms with Gasteiger partial charge in [-0.1, -0.05) is 12.1 Å². The number of rotatable bonds is 7. The molecule has 0 radical (unpaired) electrons. The van der Waals surface area contributed by atoms with Crippen LogP contribution in [0.2, 0.25) is 0 Å². The summed E-state index contributed by atoms with van der Waals surface area (Å²) >= 11 is 0. The number of benzene rings is 1. The van der Waals surface area contributed by atoms with Crippen LogP contribution in [0.5, 0.6) is 5.75 Å². The summed E-state index contributed by atoms with van der Waals surface area (Å²) in [7, 11) is 6.33. The highest BCUT2D eigenvalue weighted by molar-refractivity contribution is 5.28. The van der Waals surface area contributed by atoms with Crippen molar-refractivity contribution in [3.8, 4) is 5.75 Å². The first kappa shape index (κ1) is 16.3. The highest BCUT2D eigenvalue weighted by Crippen LogP contribution is 2.15. The van der Waals surface area contributed by atoms with Crippen molar-refractivity contribution in [3.63, 3.8) is 0 Å². The third-order valence-electron chi connectivity index (χ3n) is 4.24. The molecule has 118 valence electrons. The molecule has 0 aromatic heterocycles. The summed E-state index contributed by atoms with van der Waals surface area (Å²) < 4.78 is 5.89. The van der Waals surface area contributed by atoms with Gasteiger partial charge in [0, 0.05) is 19.1 Å². The minimum absolute atomic E-state index is 0.750. The van der Waals surface area contributed by atoms with Crippen molar-refractivity contribution in [1.29, 1.82) is 0 Å². The van der Waals surface area contributed by atoms with E-state index >= 15 is 0 Å². The topological polar surface area (TPSA) is 27.7 Å². The average molecular weight is 291 g/mol. The number of nitrogens with one attached hydrogen (secondary N) is 1. The summed E-state index contributed by atoms with van der Waals surface area (Å²) in [6.07, 6.45) is 2.54. The number of piperidine rings is 1. The van der Waals surface area contributed by atoms with E-state index in [1.807, 2.05) is 13.1 Å². The molecule has 1 aromatic rings. The molecule has 0 aliphatic carbocycles. The van der Waals surface area contributed by atoms with Crippen LogP contribution in [0.15, 0.2) is 24.3 Å². The predicted octanol–water partition coefficient (Wildman–Crippen LogP) is 1.81. The molecule has 21 heavy (non-hydrogen) atoms. The van der Waals surface area contributed by atoms with Gasteiger partial charge in [-0.2, -0.15) is 0 Å². The van der Waals surface area contributed by atoms with Gasteiger partial charge in [-0.25, -0.2) is 0 Å². The van der Waals surface area contributed by atoms with Crippen LogP contribution in [-0.2, 0) is 6.54 Å². The minimum Gasteiger partial charge on any atom is -0.492 e. The first-order valence-electron chi connectivity index (χ1n) is 7.94. The Bertz CT molecular complexity index is 414. The van der Waals surface area contributed by atoms with Crippen molar-refractivity contribution >= 4 is 0 Å². The maximum Gasteiger partial charge on any atom is 0.119 e. The summed E-state index contributed by atoms with van der Waals surface area (Å²) in [6.45, 7) is 5.05. The van der Waals surface area contributed by atoms with Gasteiger partial charge in [0.2, 0.25) is 0 Å². The lowest BCUT2D eigenvalue weighted by molar-refractivity contribution is 0.128. The van der Waals surface area contributed by atoms with E-state index in [2.05, 4.69) is 47.4 Å². The largest absolute Gasteiger partial charge is 0.492 e. The number of hydrogen-bond acceptors (Lipinski definition) is 4. The summed E-state index contributed by atoms with van der Waals surface area (Å²) in [5.74, 6) is 0.978. The standard InChI is InChI=1S/C17H29N3O/c1-18-14-15-5-4-6-17(13-15)21-12-11-20-9-7-16(8-10-20)19(2)3/h4-6,13,16,18H,7-12,14H2,1-3H3. The van der Waals surface area contributed by atoms with E-state index in [0.717, 1.165) is 31.5 Å². The first-order valence-corrected chi connectivity index (χ1v) is 7.94. The third-order valence-corrected chi connectivity index (χ3v) is 4.24. The van der Waals surface area contributed by atoms with Crippen LogP contribution in [0.3, 0.4) is 0 Å². The van der Waals surface area contributed by atoms with Crippen LogP contribution in [0.4, 0.5) is 0 Å². The lowest BCUT2D eigenvalue weighted by atomic mass is 10.0. The molecule has 1 aliphatic heterocycles. The lowest BCUT2D eigenvalue weighted by Crippen LogP contribution is -2.43. The lowest BCUT2D eigenvalue weighted by Gasteiger charge is -2.35. The van der Waals surface area contributed by atoms with Gasteiger partial charge in [0.15, 0.2) is 0 Å². The molecule has 0 amide bonds. The second-order valence-electron chi connectivity index (χ2n) is 6.06. The molecule has 1 heterocycles. The summed E-state index contributed by atoms with van der Waals surface area (Å²) in [5, 5.41) is 3.16. The van der Waals surface area contributed by atoms with E-state index in [-0.39, 0.29) is 0 Å². The van der Waals surface area contributed by atoms with Crippen LogP contribution in [-0.4, -0.2) is 63.2 Å². The van der Waals surface area contributed by atoms with Gasteiger partial charge in [-0.05, 0) is 64.8 Å². The van der Waals surface area contributed by atoms with Gasteiger partial charge in [0.05, 0.1) is 0 Å². The maximum atomic E-state index is 5.89. The van der Waals surface area contributed by atoms with Crippen LogP contribution >= 0.6 is 0 Å². The fraction of sp³-hybridized carbons (Fsp3) is 0.647. The van der Waals surface area contributed by atoms with Crippen LogP contribution in [0, 0.1) is 0 Å². The Balaban J connectivity index is 1.69. The van der Waals surface area contributed by atoms with Gasteiger partial charge >= 0.3 is 0 Å². The second-order valence-corrected chi connectivity index (χ2v) is 6.06. The zero-order valence-corrected chi connectivity index (χ0v) is 13.6. The zero-order chi connectivity index (χ0) is 15.1. The Labute approximate surface area is 129 Å². The Hall–Kier alpha value is -1.10. The van der Waals surface area contributed by atoms with Crippen LogP contribution in [0.1, 0.15) is 18.4 Å². The van der Waals surface area contributed by atoms with Crippen molar-refractivity contribution in [2.75, 3.05) is 47.4 Å². The Morgan fingerprint density at radius 2 is 2.05 bits per heavy atom. The average Bonchev–Trinajstić information content (AvgIpc) is 2.48. The summed E-state index contributed by atoms with van der Waals surface area (Å²) in [5.41, 5.74) is 1.27. The summed E-state index contributed by atoms with van der Waals surface area (Å²) in [6, 6.07) is 9.09. The van der Waals surface area contributed by atoms with Crippen molar-refractivity contribution in [1.82, 2.24) is 15.1 Å². The number of likely N-dealkylation sites (tertiary alicyclic amines) is 1. The molecule has 4 heteroatoms. The second kappa shape index (κ2) is 8.37. The molecular formula is C17H29N3O. The number of ether oxygens (including phenoxy) is 1. The molecule has 0 atom stereocenters. The molecule has 4 nitrogen and oxygen atoms in total. The SMILES string of the molecule is CNCc1cccc(OCCN2CCC(N(C)C)CC2)c1. The van der Waals surface area contributed by atoms with E-state index in [1.165, 1.54) is 31.5 Å². The van der Waals surface area contributed by atoms with Crippen molar-refractivity contribution in [3.05, 3.63) is 29.8 Å². The molecule has 0 unspecified atom stereocenters. The highest BCUT2D eigenvalue weighted by atomic mass is 16.5. The van der Waals surface area contributed by atoms with Gasteiger partial charge in [0.1, 0.15) is 12.4 Å². The quantitative estimate of drug-likeness (QED) is 0.829. The molecule has 1 aliphatic rings. The molecule has 1 aromatic carbocycles. The Kier molecular flexibility index (Phi) is 6.49. The molecule has 0 bridgehead atoms. The van der Waals surface area contributed by atoms with Crippen LogP contribution < -0.4 is 10.1 Å². The van der Waals surface area contributed by atoms with Crippen molar-refractivity contribution < 1.29 is 4.74 Å². The monoisotopic (exact) mass is 291 g/mol. The van der Waals surface area contributed by atoms with E-state index in [0.29, 0.717) is 0 Å². The number of nitrogens with zero attached hydrogens (tertiary/aromatic N) is 2. The summed E-state index contributed by atoms with van der Waals surface area (Å²) in [4.78, 5) is 4.86. The molecule has 1 N–H and O–H groups in total. The molecule has 0 spiro atoms. The van der Waals surface area contributed by atoms with Gasteiger partial charge in [-0.15, -0.1) is 0 Å². The maximum absolute atomic E-state index is 5.89. The molecule has 0 saturated carbocycles. The smallest absolute Gasteiger partial charge is 0.119 e. The van der Waals surface area contributed by atoms with Crippen molar-refractivity contribution in [2.24, 2.45) is 0 Å². The van der Waals surface area contributed by atoms with Gasteiger partial charge in [-0.3, -0.25) is 4.90 Å². The van der Waals surface area contributed by atoms with Crippen molar-refractivity contribution in [2.45, 2.75) is 25.4 Å².